The maximum absolute atomic E-state index is 12.9. The number of hydrogen-bond acceptors (Lipinski definition) is 2. The second kappa shape index (κ2) is 5.83. The minimum absolute atomic E-state index is 0.171. The van der Waals surface area contributed by atoms with Crippen molar-refractivity contribution in [1.29, 1.82) is 0 Å². The molecule has 0 saturated carbocycles. The van der Waals surface area contributed by atoms with Gasteiger partial charge < -0.3 is 9.73 Å². The molecule has 0 amide bonds. The molecule has 2 rings (SSSR count). The van der Waals surface area contributed by atoms with E-state index in [-0.39, 0.29) is 5.82 Å². The molecular formula is C15H18FNO. The number of halogens is 1. The second-order valence-electron chi connectivity index (χ2n) is 4.51. The van der Waals surface area contributed by atoms with Crippen molar-refractivity contribution in [2.24, 2.45) is 0 Å². The fourth-order valence-corrected chi connectivity index (χ4v) is 1.95. The smallest absolute Gasteiger partial charge is 0.123 e. The molecule has 0 aliphatic carbocycles. The summed E-state index contributed by atoms with van der Waals surface area (Å²) < 4.78 is 18.4. The zero-order chi connectivity index (χ0) is 13.0. The lowest BCUT2D eigenvalue weighted by Gasteiger charge is -2.06. The number of benzene rings is 1. The molecule has 96 valence electrons. The maximum atomic E-state index is 12.9. The lowest BCUT2D eigenvalue weighted by atomic mass is 10.1. The highest BCUT2D eigenvalue weighted by Crippen LogP contribution is 2.10. The van der Waals surface area contributed by atoms with Gasteiger partial charge in [0, 0.05) is 0 Å². The number of rotatable bonds is 5. The zero-order valence-corrected chi connectivity index (χ0v) is 10.8. The maximum Gasteiger partial charge on any atom is 0.123 e. The Hall–Kier alpha value is -1.61. The Morgan fingerprint density at radius 3 is 2.67 bits per heavy atom. The van der Waals surface area contributed by atoms with E-state index < -0.39 is 0 Å². The first-order valence-corrected chi connectivity index (χ1v) is 6.16. The van der Waals surface area contributed by atoms with Crippen molar-refractivity contribution in [3.63, 3.8) is 0 Å². The van der Waals surface area contributed by atoms with Gasteiger partial charge in [-0.2, -0.15) is 0 Å². The molecule has 0 bridgehead atoms. The summed E-state index contributed by atoms with van der Waals surface area (Å²) in [6, 6.07) is 8.87. The van der Waals surface area contributed by atoms with Crippen LogP contribution in [0.1, 0.15) is 22.6 Å². The first-order chi connectivity index (χ1) is 8.65. The third kappa shape index (κ3) is 3.44. The van der Waals surface area contributed by atoms with Crippen molar-refractivity contribution < 1.29 is 8.81 Å². The molecule has 0 atom stereocenters. The number of furan rings is 1. The Morgan fingerprint density at radius 2 is 2.00 bits per heavy atom. The zero-order valence-electron chi connectivity index (χ0n) is 10.8. The molecule has 1 heterocycles. The Labute approximate surface area is 107 Å². The van der Waals surface area contributed by atoms with Crippen LogP contribution in [0.2, 0.25) is 0 Å². The fourth-order valence-electron chi connectivity index (χ4n) is 1.95. The summed E-state index contributed by atoms with van der Waals surface area (Å²) >= 11 is 0. The topological polar surface area (TPSA) is 25.2 Å². The van der Waals surface area contributed by atoms with Gasteiger partial charge in [0.2, 0.25) is 0 Å². The van der Waals surface area contributed by atoms with Gasteiger partial charge >= 0.3 is 0 Å². The molecule has 2 nitrogen and oxygen atoms in total. The van der Waals surface area contributed by atoms with Crippen LogP contribution < -0.4 is 5.32 Å². The van der Waals surface area contributed by atoms with E-state index in [0.717, 1.165) is 36.6 Å². The molecule has 0 spiro atoms. The first kappa shape index (κ1) is 12.8. The highest BCUT2D eigenvalue weighted by atomic mass is 19.1. The largest absolute Gasteiger partial charge is 0.465 e. The average molecular weight is 247 g/mol. The Kier molecular flexibility index (Phi) is 4.15. The van der Waals surface area contributed by atoms with Crippen LogP contribution in [-0.2, 0) is 13.0 Å². The van der Waals surface area contributed by atoms with Crippen molar-refractivity contribution in [3.05, 3.63) is 58.8 Å². The molecule has 1 aromatic heterocycles. The number of aryl methyl sites for hydroxylation is 2. The van der Waals surface area contributed by atoms with Crippen LogP contribution >= 0.6 is 0 Å². The van der Waals surface area contributed by atoms with Crippen LogP contribution in [0.3, 0.4) is 0 Å². The summed E-state index contributed by atoms with van der Waals surface area (Å²) in [6.07, 6.45) is 0.895. The van der Waals surface area contributed by atoms with E-state index in [2.05, 4.69) is 5.32 Å². The predicted octanol–water partition coefficient (Wildman–Crippen LogP) is 3.37. The summed E-state index contributed by atoms with van der Waals surface area (Å²) in [5, 5.41) is 3.32. The first-order valence-electron chi connectivity index (χ1n) is 6.16. The van der Waals surface area contributed by atoms with Crippen LogP contribution in [-0.4, -0.2) is 6.54 Å². The lowest BCUT2D eigenvalue weighted by molar-refractivity contribution is 0.463. The normalized spacial score (nSPS) is 10.8. The lowest BCUT2D eigenvalue weighted by Crippen LogP contribution is -2.16. The third-order valence-electron chi connectivity index (χ3n) is 2.97. The summed E-state index contributed by atoms with van der Waals surface area (Å²) in [5.74, 6) is 1.71. The SMILES string of the molecule is Cc1ccc(CNCCc2ccc(F)cc2C)o1. The van der Waals surface area contributed by atoms with Gasteiger partial charge in [-0.25, -0.2) is 4.39 Å². The summed E-state index contributed by atoms with van der Waals surface area (Å²) in [7, 11) is 0. The fraction of sp³-hybridized carbons (Fsp3) is 0.333. The molecule has 0 aliphatic heterocycles. The molecule has 0 saturated heterocycles. The average Bonchev–Trinajstić information content (AvgIpc) is 2.73. The molecule has 1 N–H and O–H groups in total. The third-order valence-corrected chi connectivity index (χ3v) is 2.97. The second-order valence-corrected chi connectivity index (χ2v) is 4.51. The predicted molar refractivity (Wildman–Crippen MR) is 70.0 cm³/mol. The molecule has 2 aromatic rings. The molecule has 3 heteroatoms. The number of nitrogens with one attached hydrogen (secondary N) is 1. The highest BCUT2D eigenvalue weighted by Gasteiger charge is 2.01. The van der Waals surface area contributed by atoms with Gasteiger partial charge in [0.25, 0.3) is 0 Å². The van der Waals surface area contributed by atoms with Crippen molar-refractivity contribution in [2.75, 3.05) is 6.54 Å². The van der Waals surface area contributed by atoms with Gasteiger partial charge in [-0.1, -0.05) is 6.07 Å². The summed E-state index contributed by atoms with van der Waals surface area (Å²) in [5.41, 5.74) is 2.19. The molecule has 0 fully saturated rings. The van der Waals surface area contributed by atoms with Gasteiger partial charge in [-0.3, -0.25) is 0 Å². The van der Waals surface area contributed by atoms with Crippen molar-refractivity contribution in [3.8, 4) is 0 Å². The molecule has 1 aromatic carbocycles. The van der Waals surface area contributed by atoms with Crippen molar-refractivity contribution in [1.82, 2.24) is 5.32 Å². The monoisotopic (exact) mass is 247 g/mol. The number of hydrogen-bond donors (Lipinski definition) is 1. The van der Waals surface area contributed by atoms with E-state index in [1.807, 2.05) is 32.0 Å². The van der Waals surface area contributed by atoms with E-state index >= 15 is 0 Å². The van der Waals surface area contributed by atoms with E-state index in [9.17, 15) is 4.39 Å². The molecule has 0 aliphatic rings. The van der Waals surface area contributed by atoms with E-state index in [1.165, 1.54) is 11.6 Å². The summed E-state index contributed by atoms with van der Waals surface area (Å²) in [6.45, 7) is 5.46. The molecular weight excluding hydrogens is 229 g/mol. The standard InChI is InChI=1S/C15H18FNO/c1-11-9-14(16)5-4-13(11)7-8-17-10-15-6-3-12(2)18-15/h3-6,9,17H,7-8,10H2,1-2H3. The van der Waals surface area contributed by atoms with Crippen molar-refractivity contribution >= 4 is 0 Å². The minimum atomic E-state index is -0.171. The van der Waals surface area contributed by atoms with Crippen LogP contribution in [0.4, 0.5) is 4.39 Å². The Morgan fingerprint density at radius 1 is 1.17 bits per heavy atom. The highest BCUT2D eigenvalue weighted by molar-refractivity contribution is 5.26. The molecule has 0 unspecified atom stereocenters. The molecule has 0 radical (unpaired) electrons. The van der Waals surface area contributed by atoms with Crippen LogP contribution in [0, 0.1) is 19.7 Å². The van der Waals surface area contributed by atoms with E-state index in [4.69, 9.17) is 4.42 Å². The minimum Gasteiger partial charge on any atom is -0.465 e. The van der Waals surface area contributed by atoms with Gasteiger partial charge in [0.05, 0.1) is 6.54 Å². The quantitative estimate of drug-likeness (QED) is 0.819. The van der Waals surface area contributed by atoms with E-state index in [0.29, 0.717) is 0 Å². The summed E-state index contributed by atoms with van der Waals surface area (Å²) in [4.78, 5) is 0. The van der Waals surface area contributed by atoms with Gasteiger partial charge in [0.15, 0.2) is 0 Å². The Bertz CT molecular complexity index is 519. The Balaban J connectivity index is 1.78. The van der Waals surface area contributed by atoms with Crippen LogP contribution in [0.15, 0.2) is 34.7 Å². The van der Waals surface area contributed by atoms with Crippen LogP contribution in [0.25, 0.3) is 0 Å². The van der Waals surface area contributed by atoms with Crippen LogP contribution in [0.5, 0.6) is 0 Å². The van der Waals surface area contributed by atoms with Gasteiger partial charge in [-0.15, -0.1) is 0 Å². The van der Waals surface area contributed by atoms with E-state index in [1.54, 1.807) is 6.07 Å². The van der Waals surface area contributed by atoms with Gasteiger partial charge in [0.1, 0.15) is 17.3 Å². The van der Waals surface area contributed by atoms with Crippen molar-refractivity contribution in [2.45, 2.75) is 26.8 Å². The van der Waals surface area contributed by atoms with Gasteiger partial charge in [-0.05, 0) is 62.2 Å². The molecule has 18 heavy (non-hydrogen) atoms.